The Hall–Kier alpha value is -2.04. The topological polar surface area (TPSA) is 24.9 Å². The van der Waals surface area contributed by atoms with E-state index in [4.69, 9.17) is 9.47 Å². The number of methoxy groups -OCH3 is 2. The van der Waals surface area contributed by atoms with Gasteiger partial charge in [0, 0.05) is 39.3 Å². The monoisotopic (exact) mass is 354 g/mol. The van der Waals surface area contributed by atoms with Crippen LogP contribution in [-0.2, 0) is 19.5 Å². The van der Waals surface area contributed by atoms with Gasteiger partial charge in [-0.05, 0) is 35.2 Å². The molecule has 0 unspecified atom stereocenters. The first-order valence-electron chi connectivity index (χ1n) is 9.45. The van der Waals surface area contributed by atoms with E-state index in [-0.39, 0.29) is 0 Å². The lowest BCUT2D eigenvalue weighted by Crippen LogP contribution is -2.45. The Balaban J connectivity index is 1.50. The largest absolute Gasteiger partial charge is 0.493 e. The van der Waals surface area contributed by atoms with E-state index in [1.54, 1.807) is 14.2 Å². The van der Waals surface area contributed by atoms with Gasteiger partial charge in [-0.1, -0.05) is 37.3 Å². The quantitative estimate of drug-likeness (QED) is 0.759. The molecule has 140 valence electrons. The van der Waals surface area contributed by atoms with E-state index >= 15 is 0 Å². The minimum absolute atomic E-state index is 0.787. The second kappa shape index (κ2) is 9.06. The Morgan fingerprint density at radius 2 is 1.19 bits per heavy atom. The first-order valence-corrected chi connectivity index (χ1v) is 9.45. The maximum absolute atomic E-state index is 5.41. The van der Waals surface area contributed by atoms with Crippen molar-refractivity contribution in [3.05, 3.63) is 59.2 Å². The van der Waals surface area contributed by atoms with Crippen LogP contribution in [0, 0.1) is 0 Å². The fourth-order valence-electron chi connectivity index (χ4n) is 3.48. The van der Waals surface area contributed by atoms with Crippen molar-refractivity contribution in [3.63, 3.8) is 0 Å². The average Bonchev–Trinajstić information content (AvgIpc) is 2.70. The van der Waals surface area contributed by atoms with Gasteiger partial charge in [-0.15, -0.1) is 0 Å². The second-order valence-electron chi connectivity index (χ2n) is 6.91. The fourth-order valence-corrected chi connectivity index (χ4v) is 3.48. The Labute approximate surface area is 157 Å². The summed E-state index contributed by atoms with van der Waals surface area (Å²) < 4.78 is 10.7. The number of nitrogens with zero attached hydrogens (tertiary/aromatic N) is 2. The number of rotatable bonds is 7. The van der Waals surface area contributed by atoms with Gasteiger partial charge in [0.15, 0.2) is 11.5 Å². The number of piperazine rings is 1. The molecule has 1 fully saturated rings. The van der Waals surface area contributed by atoms with E-state index in [0.29, 0.717) is 0 Å². The molecule has 3 rings (SSSR count). The van der Waals surface area contributed by atoms with E-state index in [2.05, 4.69) is 53.1 Å². The van der Waals surface area contributed by atoms with Crippen LogP contribution < -0.4 is 9.47 Å². The highest BCUT2D eigenvalue weighted by molar-refractivity contribution is 5.42. The van der Waals surface area contributed by atoms with Crippen LogP contribution in [0.4, 0.5) is 0 Å². The van der Waals surface area contributed by atoms with Gasteiger partial charge in [-0.2, -0.15) is 0 Å². The molecule has 1 aliphatic rings. The minimum Gasteiger partial charge on any atom is -0.493 e. The smallest absolute Gasteiger partial charge is 0.161 e. The molecule has 0 bridgehead atoms. The van der Waals surface area contributed by atoms with Crippen molar-refractivity contribution in [1.29, 1.82) is 0 Å². The van der Waals surface area contributed by atoms with Crippen LogP contribution in [0.5, 0.6) is 11.5 Å². The molecule has 4 nitrogen and oxygen atoms in total. The molecule has 2 aromatic rings. The van der Waals surface area contributed by atoms with Crippen LogP contribution in [-0.4, -0.2) is 50.2 Å². The van der Waals surface area contributed by atoms with Crippen molar-refractivity contribution in [2.24, 2.45) is 0 Å². The first kappa shape index (κ1) is 18.7. The van der Waals surface area contributed by atoms with Gasteiger partial charge in [0.1, 0.15) is 0 Å². The lowest BCUT2D eigenvalue weighted by atomic mass is 10.1. The summed E-state index contributed by atoms with van der Waals surface area (Å²) in [5.74, 6) is 1.59. The van der Waals surface area contributed by atoms with E-state index in [1.165, 1.54) is 16.7 Å². The van der Waals surface area contributed by atoms with Crippen molar-refractivity contribution in [1.82, 2.24) is 9.80 Å². The van der Waals surface area contributed by atoms with Crippen molar-refractivity contribution < 1.29 is 9.47 Å². The van der Waals surface area contributed by atoms with Crippen molar-refractivity contribution in [3.8, 4) is 11.5 Å². The minimum atomic E-state index is 0.787. The van der Waals surface area contributed by atoms with Crippen LogP contribution in [0.3, 0.4) is 0 Å². The molecular formula is C22H30N2O2. The zero-order chi connectivity index (χ0) is 18.4. The Kier molecular flexibility index (Phi) is 6.53. The highest BCUT2D eigenvalue weighted by Crippen LogP contribution is 2.28. The van der Waals surface area contributed by atoms with Gasteiger partial charge >= 0.3 is 0 Å². The highest BCUT2D eigenvalue weighted by atomic mass is 16.5. The molecule has 1 heterocycles. The lowest BCUT2D eigenvalue weighted by Gasteiger charge is -2.34. The van der Waals surface area contributed by atoms with Gasteiger partial charge in [0.25, 0.3) is 0 Å². The van der Waals surface area contributed by atoms with E-state index in [0.717, 1.165) is 57.2 Å². The number of hydrogen-bond donors (Lipinski definition) is 0. The van der Waals surface area contributed by atoms with Crippen molar-refractivity contribution in [2.75, 3.05) is 40.4 Å². The normalized spacial score (nSPS) is 15.8. The third kappa shape index (κ3) is 4.77. The van der Waals surface area contributed by atoms with Crippen LogP contribution in [0.15, 0.2) is 42.5 Å². The van der Waals surface area contributed by atoms with E-state index in [9.17, 15) is 0 Å². The number of hydrogen-bond acceptors (Lipinski definition) is 4. The van der Waals surface area contributed by atoms with Gasteiger partial charge in [0.2, 0.25) is 0 Å². The lowest BCUT2D eigenvalue weighted by molar-refractivity contribution is 0.122. The van der Waals surface area contributed by atoms with Gasteiger partial charge in [-0.3, -0.25) is 9.80 Å². The fraction of sp³-hybridized carbons (Fsp3) is 0.455. The second-order valence-corrected chi connectivity index (χ2v) is 6.91. The summed E-state index contributed by atoms with van der Waals surface area (Å²) in [4.78, 5) is 5.06. The molecule has 2 aromatic carbocycles. The summed E-state index contributed by atoms with van der Waals surface area (Å²) in [5.41, 5.74) is 4.09. The molecule has 4 heteroatoms. The summed E-state index contributed by atoms with van der Waals surface area (Å²) in [6, 6.07) is 15.3. The number of aryl methyl sites for hydroxylation is 1. The third-order valence-electron chi connectivity index (χ3n) is 5.16. The molecule has 1 aliphatic heterocycles. The Morgan fingerprint density at radius 3 is 1.73 bits per heavy atom. The Morgan fingerprint density at radius 1 is 0.692 bits per heavy atom. The molecule has 0 aromatic heterocycles. The number of ether oxygens (including phenoxy) is 2. The van der Waals surface area contributed by atoms with Gasteiger partial charge < -0.3 is 9.47 Å². The zero-order valence-electron chi connectivity index (χ0n) is 16.2. The summed E-state index contributed by atoms with van der Waals surface area (Å²) in [6.45, 7) is 8.63. The molecule has 0 atom stereocenters. The summed E-state index contributed by atoms with van der Waals surface area (Å²) in [5, 5.41) is 0. The highest BCUT2D eigenvalue weighted by Gasteiger charge is 2.17. The molecule has 1 saturated heterocycles. The standard InChI is InChI=1S/C22H30N2O2/c1-4-18-5-7-19(8-6-18)16-23-11-13-24(14-12-23)17-20-9-10-21(25-2)22(15-20)26-3/h5-10,15H,4,11-14,16-17H2,1-3H3. The van der Waals surface area contributed by atoms with Crippen molar-refractivity contribution in [2.45, 2.75) is 26.4 Å². The predicted molar refractivity (Wildman–Crippen MR) is 106 cm³/mol. The van der Waals surface area contributed by atoms with Gasteiger partial charge in [-0.25, -0.2) is 0 Å². The Bertz CT molecular complexity index is 692. The SMILES string of the molecule is CCc1ccc(CN2CCN(Cc3ccc(OC)c(OC)c3)CC2)cc1. The van der Waals surface area contributed by atoms with E-state index < -0.39 is 0 Å². The molecular weight excluding hydrogens is 324 g/mol. The summed E-state index contributed by atoms with van der Waals surface area (Å²) >= 11 is 0. The first-order chi connectivity index (χ1) is 12.7. The third-order valence-corrected chi connectivity index (χ3v) is 5.16. The average molecular weight is 354 g/mol. The molecule has 0 aliphatic carbocycles. The van der Waals surface area contributed by atoms with Crippen LogP contribution in [0.1, 0.15) is 23.6 Å². The van der Waals surface area contributed by atoms with Crippen molar-refractivity contribution >= 4 is 0 Å². The maximum Gasteiger partial charge on any atom is 0.161 e. The molecule has 0 saturated carbocycles. The summed E-state index contributed by atoms with van der Waals surface area (Å²) in [6.07, 6.45) is 1.11. The molecule has 0 amide bonds. The van der Waals surface area contributed by atoms with Gasteiger partial charge in [0.05, 0.1) is 14.2 Å². The number of benzene rings is 2. The van der Waals surface area contributed by atoms with Crippen LogP contribution >= 0.6 is 0 Å². The summed E-state index contributed by atoms with van der Waals surface area (Å²) in [7, 11) is 3.36. The molecule has 0 spiro atoms. The van der Waals surface area contributed by atoms with E-state index in [1.807, 2.05) is 6.07 Å². The predicted octanol–water partition coefficient (Wildman–Crippen LogP) is 3.58. The zero-order valence-corrected chi connectivity index (χ0v) is 16.2. The van der Waals surface area contributed by atoms with Crippen LogP contribution in [0.25, 0.3) is 0 Å². The molecule has 26 heavy (non-hydrogen) atoms. The molecule has 0 N–H and O–H groups in total. The molecule has 0 radical (unpaired) electrons. The maximum atomic E-state index is 5.41. The van der Waals surface area contributed by atoms with Crippen LogP contribution in [0.2, 0.25) is 0 Å².